The molecule has 0 spiro atoms. The fraction of sp³-hybridized carbons (Fsp3) is 0.300. The highest BCUT2D eigenvalue weighted by molar-refractivity contribution is 6.00. The first-order valence-corrected chi connectivity index (χ1v) is 13.3. The molecule has 0 aliphatic carbocycles. The van der Waals surface area contributed by atoms with Crippen molar-refractivity contribution < 1.29 is 18.7 Å². The molecule has 1 aromatic heterocycles. The third-order valence-electron chi connectivity index (χ3n) is 7.36. The first-order valence-electron chi connectivity index (χ1n) is 13.3. The van der Waals surface area contributed by atoms with Crippen molar-refractivity contribution in [1.29, 1.82) is 5.26 Å². The van der Waals surface area contributed by atoms with Crippen LogP contribution in [0.2, 0.25) is 0 Å². The molecule has 3 heterocycles. The van der Waals surface area contributed by atoms with Crippen molar-refractivity contribution in [2.45, 2.75) is 44.8 Å². The molecule has 1 amide bonds. The standard InChI is InChI=1S/C30H29FN6O3/c1-3-33-18(2)28-29(40-28)35-23-17-39-27-11-7-6-10-25(27)36(30(23)38)16-20-12-21(31)13-26-22(20)15-34-37(26)24-9-5-4-8-19(24)14-32/h4-13,15,18,23,28-29,33,35H,3,16-17H2,1-2H3. The van der Waals surface area contributed by atoms with Gasteiger partial charge in [-0.3, -0.25) is 10.1 Å². The summed E-state index contributed by atoms with van der Waals surface area (Å²) in [4.78, 5) is 15.6. The van der Waals surface area contributed by atoms with Gasteiger partial charge in [-0.1, -0.05) is 31.2 Å². The number of carbonyl (C=O) groups excluding carboxylic acids is 1. The van der Waals surface area contributed by atoms with E-state index in [1.807, 2.05) is 38.1 Å². The molecule has 0 radical (unpaired) electrons. The summed E-state index contributed by atoms with van der Waals surface area (Å²) >= 11 is 0. The van der Waals surface area contributed by atoms with E-state index in [4.69, 9.17) is 9.47 Å². The maximum Gasteiger partial charge on any atom is 0.248 e. The number of halogens is 1. The number of rotatable bonds is 8. The van der Waals surface area contributed by atoms with Gasteiger partial charge in [-0.15, -0.1) is 0 Å². The average Bonchev–Trinajstić information content (AvgIpc) is 3.64. The number of anilines is 1. The zero-order valence-corrected chi connectivity index (χ0v) is 22.2. The van der Waals surface area contributed by atoms with E-state index in [0.29, 0.717) is 39.2 Å². The third-order valence-corrected chi connectivity index (χ3v) is 7.36. The number of likely N-dealkylation sites (N-methyl/N-ethyl adjacent to an activating group) is 1. The van der Waals surface area contributed by atoms with Crippen molar-refractivity contribution in [1.82, 2.24) is 20.4 Å². The second-order valence-corrected chi connectivity index (χ2v) is 9.97. The lowest BCUT2D eigenvalue weighted by molar-refractivity contribution is -0.121. The van der Waals surface area contributed by atoms with Gasteiger partial charge in [0.15, 0.2) is 0 Å². The average molecular weight is 541 g/mol. The van der Waals surface area contributed by atoms with Crippen LogP contribution in [0, 0.1) is 17.1 Å². The number of nitrogens with one attached hydrogen (secondary N) is 2. The Kier molecular flexibility index (Phi) is 6.94. The highest BCUT2D eigenvalue weighted by atomic mass is 19.1. The fourth-order valence-corrected chi connectivity index (χ4v) is 5.32. The minimum atomic E-state index is -0.662. The number of hydrogen-bond acceptors (Lipinski definition) is 7. The van der Waals surface area contributed by atoms with E-state index < -0.39 is 11.9 Å². The molecule has 2 aliphatic heterocycles. The molecule has 40 heavy (non-hydrogen) atoms. The van der Waals surface area contributed by atoms with Gasteiger partial charge in [-0.05, 0) is 49.4 Å². The lowest BCUT2D eigenvalue weighted by Crippen LogP contribution is -2.50. The van der Waals surface area contributed by atoms with Crippen molar-refractivity contribution in [2.75, 3.05) is 18.1 Å². The zero-order valence-electron chi connectivity index (χ0n) is 22.2. The zero-order chi connectivity index (χ0) is 27.8. The number of para-hydroxylation sites is 3. The minimum Gasteiger partial charge on any atom is -0.489 e. The molecule has 9 nitrogen and oxygen atoms in total. The van der Waals surface area contributed by atoms with Crippen molar-refractivity contribution in [2.24, 2.45) is 0 Å². The molecule has 4 aromatic rings. The minimum absolute atomic E-state index is 0.0446. The molecule has 4 unspecified atom stereocenters. The quantitative estimate of drug-likeness (QED) is 0.329. The molecule has 4 atom stereocenters. The number of fused-ring (bicyclic) bond motifs is 2. The number of hydrogen-bond donors (Lipinski definition) is 2. The summed E-state index contributed by atoms with van der Waals surface area (Å²) in [6.07, 6.45) is 1.33. The molecule has 10 heteroatoms. The molecule has 0 saturated carbocycles. The lowest BCUT2D eigenvalue weighted by Gasteiger charge is -2.25. The Morgan fingerprint density at radius 1 is 1.18 bits per heavy atom. The van der Waals surface area contributed by atoms with Crippen LogP contribution in [0.4, 0.5) is 10.1 Å². The SMILES string of the molecule is CCNC(C)C1OC1NC1COc2ccccc2N(Cc2cc(F)cc3c2cnn3-c2ccccc2C#N)C1=O. The van der Waals surface area contributed by atoms with E-state index >= 15 is 4.39 Å². The number of benzene rings is 3. The van der Waals surface area contributed by atoms with Crippen LogP contribution in [0.1, 0.15) is 25.0 Å². The summed E-state index contributed by atoms with van der Waals surface area (Å²) in [7, 11) is 0. The number of ether oxygens (including phenoxy) is 2. The lowest BCUT2D eigenvalue weighted by atomic mass is 10.1. The van der Waals surface area contributed by atoms with Crippen LogP contribution < -0.4 is 20.3 Å². The van der Waals surface area contributed by atoms with Crippen LogP contribution in [-0.4, -0.2) is 53.3 Å². The Hall–Kier alpha value is -4.30. The molecule has 2 N–H and O–H groups in total. The highest BCUT2D eigenvalue weighted by Crippen LogP contribution is 2.35. The summed E-state index contributed by atoms with van der Waals surface area (Å²) in [6.45, 7) is 5.14. The summed E-state index contributed by atoms with van der Waals surface area (Å²) in [5, 5.41) is 21.4. The van der Waals surface area contributed by atoms with Gasteiger partial charge in [-0.25, -0.2) is 9.07 Å². The van der Waals surface area contributed by atoms with Crippen LogP contribution in [0.25, 0.3) is 16.6 Å². The molecule has 6 rings (SSSR count). The number of nitrogens with zero attached hydrogens (tertiary/aromatic N) is 4. The number of nitriles is 1. The van der Waals surface area contributed by atoms with Gasteiger partial charge in [0.2, 0.25) is 5.91 Å². The van der Waals surface area contributed by atoms with E-state index in [9.17, 15) is 10.1 Å². The van der Waals surface area contributed by atoms with Gasteiger partial charge in [0, 0.05) is 17.5 Å². The fourth-order valence-electron chi connectivity index (χ4n) is 5.32. The first kappa shape index (κ1) is 26.0. The van der Waals surface area contributed by atoms with E-state index in [0.717, 1.165) is 6.54 Å². The molecular weight excluding hydrogens is 511 g/mol. The molecule has 204 valence electrons. The number of aromatic nitrogens is 2. The van der Waals surface area contributed by atoms with Gasteiger partial charge in [0.1, 0.15) is 42.6 Å². The van der Waals surface area contributed by atoms with Gasteiger partial charge in [0.25, 0.3) is 0 Å². The maximum absolute atomic E-state index is 15.0. The van der Waals surface area contributed by atoms with Crippen molar-refractivity contribution >= 4 is 22.5 Å². The van der Waals surface area contributed by atoms with Crippen molar-refractivity contribution in [3.63, 3.8) is 0 Å². The summed E-state index contributed by atoms with van der Waals surface area (Å²) in [5.74, 6) is -0.0949. The molecule has 1 fully saturated rings. The Labute approximate surface area is 231 Å². The normalized spacial score (nSPS) is 20.9. The summed E-state index contributed by atoms with van der Waals surface area (Å²) in [6, 6.07) is 18.8. The van der Waals surface area contributed by atoms with E-state index in [1.54, 1.807) is 40.0 Å². The number of carbonyl (C=O) groups is 1. The molecule has 2 aliphatic rings. The smallest absolute Gasteiger partial charge is 0.248 e. The summed E-state index contributed by atoms with van der Waals surface area (Å²) in [5.41, 5.74) is 2.67. The Balaban J connectivity index is 1.34. The van der Waals surface area contributed by atoms with Crippen molar-refractivity contribution in [3.05, 3.63) is 83.8 Å². The van der Waals surface area contributed by atoms with Crippen LogP contribution in [-0.2, 0) is 16.1 Å². The Morgan fingerprint density at radius 3 is 2.75 bits per heavy atom. The molecular formula is C30H29FN6O3. The van der Waals surface area contributed by atoms with Gasteiger partial charge in [0.05, 0.1) is 35.2 Å². The van der Waals surface area contributed by atoms with Crippen molar-refractivity contribution in [3.8, 4) is 17.5 Å². The van der Waals surface area contributed by atoms with Gasteiger partial charge in [-0.2, -0.15) is 10.4 Å². The largest absolute Gasteiger partial charge is 0.489 e. The van der Waals surface area contributed by atoms with E-state index in [2.05, 4.69) is 21.8 Å². The number of amides is 1. The van der Waals surface area contributed by atoms with Gasteiger partial charge < -0.3 is 19.7 Å². The monoisotopic (exact) mass is 540 g/mol. The van der Waals surface area contributed by atoms with Crippen LogP contribution in [0.15, 0.2) is 66.9 Å². The van der Waals surface area contributed by atoms with Crippen LogP contribution >= 0.6 is 0 Å². The predicted octanol–water partition coefficient (Wildman–Crippen LogP) is 3.64. The molecule has 3 aromatic carbocycles. The Morgan fingerprint density at radius 2 is 1.95 bits per heavy atom. The van der Waals surface area contributed by atoms with Crippen LogP contribution in [0.5, 0.6) is 5.75 Å². The highest BCUT2D eigenvalue weighted by Gasteiger charge is 2.46. The molecule has 0 bridgehead atoms. The van der Waals surface area contributed by atoms with E-state index in [1.165, 1.54) is 12.1 Å². The second kappa shape index (κ2) is 10.7. The maximum atomic E-state index is 15.0. The number of epoxide rings is 1. The van der Waals surface area contributed by atoms with E-state index in [-0.39, 0.29) is 37.4 Å². The molecule has 1 saturated heterocycles. The topological polar surface area (TPSA) is 108 Å². The van der Waals surface area contributed by atoms with Crippen LogP contribution in [0.3, 0.4) is 0 Å². The predicted molar refractivity (Wildman–Crippen MR) is 148 cm³/mol. The first-order chi connectivity index (χ1) is 19.5. The Bertz CT molecular complexity index is 1610. The second-order valence-electron chi connectivity index (χ2n) is 9.97. The summed E-state index contributed by atoms with van der Waals surface area (Å²) < 4.78 is 28.5. The third kappa shape index (κ3) is 4.79. The van der Waals surface area contributed by atoms with Gasteiger partial charge >= 0.3 is 0 Å².